The van der Waals surface area contributed by atoms with E-state index in [4.69, 9.17) is 4.98 Å². The van der Waals surface area contributed by atoms with Gasteiger partial charge in [0.25, 0.3) is 0 Å². The third-order valence-electron chi connectivity index (χ3n) is 10.6. The van der Waals surface area contributed by atoms with E-state index in [9.17, 15) is 0 Å². The minimum absolute atomic E-state index is 0. The van der Waals surface area contributed by atoms with E-state index >= 15 is 0 Å². The first-order valence-corrected chi connectivity index (χ1v) is 24.7. The van der Waals surface area contributed by atoms with E-state index in [0.29, 0.717) is 17.8 Å². The summed E-state index contributed by atoms with van der Waals surface area (Å²) in [6, 6.07) is 44.3. The molecule has 0 bridgehead atoms. The summed E-state index contributed by atoms with van der Waals surface area (Å²) >= 11 is 1.68. The van der Waals surface area contributed by atoms with Gasteiger partial charge in [0.15, 0.2) is 0 Å². The second-order valence-corrected chi connectivity index (χ2v) is 23.3. The zero-order valence-electron chi connectivity index (χ0n) is 35.6. The summed E-state index contributed by atoms with van der Waals surface area (Å²) in [7, 11) is -1.34. The number of hydrogen-bond acceptors (Lipinski definition) is 3. The van der Waals surface area contributed by atoms with E-state index in [-0.39, 0.29) is 20.1 Å². The molecule has 0 amide bonds. The summed E-state index contributed by atoms with van der Waals surface area (Å²) in [5.41, 5.74) is 14.5. The predicted octanol–water partition coefficient (Wildman–Crippen LogP) is 14.2. The SMILES string of the molecule is CC(C)Cc1cc(-c2[c-]cccc2)ncc1[Si](C)(C)C.Cc1ccc2c(-c3nc4ccccc4n3-c3c(C(C)C)cc(-c4ccccc4)cc3C(C)C)[c-]sc2c1.[Ir]. The Hall–Kier alpha value is -4.45. The van der Waals surface area contributed by atoms with Crippen LogP contribution in [0.15, 0.2) is 121 Å². The molecule has 3 aromatic heterocycles. The van der Waals surface area contributed by atoms with Crippen molar-refractivity contribution in [2.45, 2.75) is 86.4 Å². The molecule has 8 aromatic rings. The molecule has 299 valence electrons. The van der Waals surface area contributed by atoms with Crippen LogP contribution in [-0.2, 0) is 26.5 Å². The monoisotopic (exact) mass is 974 g/mol. The molecule has 8 rings (SSSR count). The van der Waals surface area contributed by atoms with Crippen LogP contribution in [0, 0.1) is 24.3 Å². The Balaban J connectivity index is 0.000000230. The van der Waals surface area contributed by atoms with Crippen molar-refractivity contribution in [2.24, 2.45) is 5.92 Å². The maximum absolute atomic E-state index is 5.22. The quantitative estimate of drug-likeness (QED) is 0.107. The molecule has 0 spiro atoms. The number of rotatable bonds is 9. The molecule has 0 saturated carbocycles. The van der Waals surface area contributed by atoms with E-state index in [1.54, 1.807) is 11.3 Å². The molecule has 5 aromatic carbocycles. The third kappa shape index (κ3) is 9.22. The summed E-state index contributed by atoms with van der Waals surface area (Å²) in [5, 5.41) is 6.33. The van der Waals surface area contributed by atoms with Crippen LogP contribution in [0.5, 0.6) is 0 Å². The average molecular weight is 974 g/mol. The van der Waals surface area contributed by atoms with E-state index in [1.807, 2.05) is 18.2 Å². The zero-order valence-corrected chi connectivity index (χ0v) is 39.8. The Morgan fingerprint density at radius 3 is 2.05 bits per heavy atom. The molecule has 3 heterocycles. The number of aryl methyl sites for hydroxylation is 1. The fraction of sp³-hybridized carbons (Fsp3) is 0.269. The Morgan fingerprint density at radius 2 is 1.41 bits per heavy atom. The van der Waals surface area contributed by atoms with Crippen molar-refractivity contribution < 1.29 is 20.1 Å². The molecule has 58 heavy (non-hydrogen) atoms. The molecule has 0 fully saturated rings. The molecule has 0 unspecified atom stereocenters. The summed E-state index contributed by atoms with van der Waals surface area (Å²) in [4.78, 5) is 9.91. The van der Waals surface area contributed by atoms with Crippen LogP contribution in [-0.4, -0.2) is 22.6 Å². The van der Waals surface area contributed by atoms with Crippen molar-refractivity contribution in [1.29, 1.82) is 0 Å². The number of aromatic nitrogens is 3. The van der Waals surface area contributed by atoms with Gasteiger partial charge in [-0.05, 0) is 88.5 Å². The molecule has 0 saturated heterocycles. The van der Waals surface area contributed by atoms with Crippen LogP contribution >= 0.6 is 11.3 Å². The van der Waals surface area contributed by atoms with Gasteiger partial charge >= 0.3 is 0 Å². The average Bonchev–Trinajstić information content (AvgIpc) is 3.78. The van der Waals surface area contributed by atoms with Gasteiger partial charge in [-0.3, -0.25) is 16.3 Å². The Labute approximate surface area is 365 Å². The minimum Gasteiger partial charge on any atom is -0.333 e. The van der Waals surface area contributed by atoms with Gasteiger partial charge in [-0.1, -0.05) is 149 Å². The largest absolute Gasteiger partial charge is 0.333 e. The standard InChI is InChI=1S/C34H31N2S.C18H24NSi.Ir/c1-21(2)27-18-25(24-11-7-6-8-12-24)19-28(22(3)4)33(27)36-31-14-10-9-13-30(31)35-34(36)29-20-37-32-17-23(5)15-16-26(29)32;1-14(2)11-16-12-17(15-9-7-6-8-10-15)19-13-18(16)20(3,4)5;/h6-19,21-22H,1-5H3;6-9,12-14H,11H2,1-5H3;/q2*-1;. The number of thiophene rings is 1. The number of para-hydroxylation sites is 2. The van der Waals surface area contributed by atoms with E-state index in [0.717, 1.165) is 40.1 Å². The minimum atomic E-state index is -1.34. The maximum Gasteiger partial charge on any atom is 0.0798 e. The topological polar surface area (TPSA) is 30.7 Å². The van der Waals surface area contributed by atoms with Crippen LogP contribution in [0.1, 0.15) is 75.6 Å². The van der Waals surface area contributed by atoms with Crippen LogP contribution in [0.4, 0.5) is 0 Å². The zero-order chi connectivity index (χ0) is 40.4. The smallest absolute Gasteiger partial charge is 0.0798 e. The number of nitrogens with zero attached hydrogens (tertiary/aromatic N) is 3. The Morgan fingerprint density at radius 1 is 0.741 bits per heavy atom. The normalized spacial score (nSPS) is 11.7. The first-order valence-electron chi connectivity index (χ1n) is 20.4. The van der Waals surface area contributed by atoms with E-state index in [2.05, 4.69) is 192 Å². The van der Waals surface area contributed by atoms with Gasteiger partial charge in [-0.25, -0.2) is 0 Å². The number of hydrogen-bond donors (Lipinski definition) is 0. The molecule has 3 nitrogen and oxygen atoms in total. The van der Waals surface area contributed by atoms with Gasteiger partial charge in [0.2, 0.25) is 0 Å². The van der Waals surface area contributed by atoms with Gasteiger partial charge < -0.3 is 9.55 Å². The molecule has 0 aliphatic rings. The van der Waals surface area contributed by atoms with Crippen molar-refractivity contribution in [3.63, 3.8) is 0 Å². The van der Waals surface area contributed by atoms with Crippen molar-refractivity contribution in [1.82, 2.24) is 14.5 Å². The van der Waals surface area contributed by atoms with Crippen LogP contribution in [0.25, 0.3) is 60.6 Å². The van der Waals surface area contributed by atoms with Gasteiger partial charge in [-0.2, -0.15) is 0 Å². The fourth-order valence-corrected chi connectivity index (χ4v) is 10.3. The van der Waals surface area contributed by atoms with Gasteiger partial charge in [0.05, 0.1) is 24.9 Å². The molecular weight excluding hydrogens is 919 g/mol. The molecular formula is C52H55IrN3SSi-2. The summed E-state index contributed by atoms with van der Waals surface area (Å²) in [6.45, 7) is 23.1. The van der Waals surface area contributed by atoms with Crippen LogP contribution in [0.3, 0.4) is 0 Å². The van der Waals surface area contributed by atoms with Crippen LogP contribution in [0.2, 0.25) is 19.6 Å². The fourth-order valence-electron chi connectivity index (χ4n) is 7.76. The Kier molecular flexibility index (Phi) is 13.5. The number of benzene rings is 5. The summed E-state index contributed by atoms with van der Waals surface area (Å²) in [5.74, 6) is 2.32. The number of pyridine rings is 1. The summed E-state index contributed by atoms with van der Waals surface area (Å²) in [6.07, 6.45) is 3.24. The van der Waals surface area contributed by atoms with E-state index in [1.165, 1.54) is 54.3 Å². The van der Waals surface area contributed by atoms with Gasteiger partial charge in [-0.15, -0.1) is 47.3 Å². The molecule has 0 N–H and O–H groups in total. The Bertz CT molecular complexity index is 2600. The second kappa shape index (κ2) is 18.2. The van der Waals surface area contributed by atoms with Gasteiger partial charge in [0, 0.05) is 32.0 Å². The molecule has 0 atom stereocenters. The third-order valence-corrected chi connectivity index (χ3v) is 13.5. The number of imidazole rings is 1. The number of fused-ring (bicyclic) bond motifs is 2. The molecule has 1 radical (unpaired) electrons. The van der Waals surface area contributed by atoms with Crippen LogP contribution < -0.4 is 5.19 Å². The van der Waals surface area contributed by atoms with Crippen molar-refractivity contribution in [3.8, 4) is 39.5 Å². The van der Waals surface area contributed by atoms with Gasteiger partial charge in [0.1, 0.15) is 0 Å². The van der Waals surface area contributed by atoms with Crippen molar-refractivity contribution >= 4 is 45.7 Å². The second-order valence-electron chi connectivity index (χ2n) is 17.4. The summed E-state index contributed by atoms with van der Waals surface area (Å²) < 4.78 is 3.66. The first kappa shape index (κ1) is 43.1. The maximum atomic E-state index is 5.22. The molecule has 0 aliphatic heterocycles. The van der Waals surface area contributed by atoms with Crippen molar-refractivity contribution in [3.05, 3.63) is 155 Å². The van der Waals surface area contributed by atoms with Crippen molar-refractivity contribution in [2.75, 3.05) is 0 Å². The molecule has 6 heteroatoms. The predicted molar refractivity (Wildman–Crippen MR) is 249 cm³/mol. The first-order chi connectivity index (χ1) is 27.3. The van der Waals surface area contributed by atoms with E-state index < -0.39 is 8.07 Å². The molecule has 0 aliphatic carbocycles.